The summed E-state index contributed by atoms with van der Waals surface area (Å²) < 4.78 is 0. The number of rotatable bonds is 2. The lowest BCUT2D eigenvalue weighted by Crippen LogP contribution is -2.28. The molecule has 0 spiro atoms. The Kier molecular flexibility index (Phi) is 3.58. The molecule has 0 atom stereocenters. The fourth-order valence-corrected chi connectivity index (χ4v) is 2.11. The van der Waals surface area contributed by atoms with Gasteiger partial charge in [-0.15, -0.1) is 0 Å². The lowest BCUT2D eigenvalue weighted by atomic mass is 10.2. The number of nitro groups is 1. The Hall–Kier alpha value is -1.62. The van der Waals surface area contributed by atoms with Gasteiger partial charge in [0.05, 0.1) is 4.92 Å². The Bertz CT molecular complexity index is 408. The number of hydrogen-bond donors (Lipinski definition) is 0. The summed E-state index contributed by atoms with van der Waals surface area (Å²) in [5.74, 6) is 0. The maximum atomic E-state index is 10.7. The first kappa shape index (κ1) is 11.9. The van der Waals surface area contributed by atoms with Gasteiger partial charge in [0, 0.05) is 37.5 Å². The lowest BCUT2D eigenvalue weighted by molar-refractivity contribution is -0.384. The van der Waals surface area contributed by atoms with Crippen molar-refractivity contribution in [3.8, 4) is 0 Å². The first-order valence-electron chi connectivity index (χ1n) is 5.85. The van der Waals surface area contributed by atoms with Gasteiger partial charge in [0.25, 0.3) is 5.69 Å². The second kappa shape index (κ2) is 5.14. The SMILES string of the molecule is CN1CCCN(c2cccc([N+](=O)[O-])c2)CC1. The van der Waals surface area contributed by atoms with E-state index in [0.717, 1.165) is 38.3 Å². The Morgan fingerprint density at radius 1 is 1.24 bits per heavy atom. The Labute approximate surface area is 101 Å². The highest BCUT2D eigenvalue weighted by Gasteiger charge is 2.14. The van der Waals surface area contributed by atoms with Crippen molar-refractivity contribution < 1.29 is 4.92 Å². The van der Waals surface area contributed by atoms with Gasteiger partial charge < -0.3 is 9.80 Å². The summed E-state index contributed by atoms with van der Waals surface area (Å²) in [5.41, 5.74) is 1.12. The number of hydrogen-bond acceptors (Lipinski definition) is 4. The van der Waals surface area contributed by atoms with E-state index in [0.29, 0.717) is 0 Å². The maximum Gasteiger partial charge on any atom is 0.271 e. The summed E-state index contributed by atoms with van der Waals surface area (Å²) in [6, 6.07) is 6.89. The molecular formula is C12H17N3O2. The Balaban J connectivity index is 2.15. The van der Waals surface area contributed by atoms with Crippen molar-refractivity contribution in [2.45, 2.75) is 6.42 Å². The van der Waals surface area contributed by atoms with Crippen LogP contribution in [-0.4, -0.2) is 43.0 Å². The Morgan fingerprint density at radius 3 is 2.82 bits per heavy atom. The van der Waals surface area contributed by atoms with E-state index in [2.05, 4.69) is 16.8 Å². The predicted molar refractivity (Wildman–Crippen MR) is 67.4 cm³/mol. The Morgan fingerprint density at radius 2 is 2.06 bits per heavy atom. The molecule has 1 aromatic rings. The van der Waals surface area contributed by atoms with E-state index >= 15 is 0 Å². The van der Waals surface area contributed by atoms with Crippen LogP contribution >= 0.6 is 0 Å². The summed E-state index contributed by atoms with van der Waals surface area (Å²) in [5, 5.41) is 10.7. The zero-order valence-corrected chi connectivity index (χ0v) is 10.0. The fourth-order valence-electron chi connectivity index (χ4n) is 2.11. The third-order valence-corrected chi connectivity index (χ3v) is 3.13. The van der Waals surface area contributed by atoms with Gasteiger partial charge in [-0.25, -0.2) is 0 Å². The van der Waals surface area contributed by atoms with Gasteiger partial charge in [0.15, 0.2) is 0 Å². The summed E-state index contributed by atoms with van der Waals surface area (Å²) in [6.07, 6.45) is 1.10. The highest BCUT2D eigenvalue weighted by atomic mass is 16.6. The van der Waals surface area contributed by atoms with Crippen LogP contribution in [0.15, 0.2) is 24.3 Å². The van der Waals surface area contributed by atoms with Crippen LogP contribution in [0.2, 0.25) is 0 Å². The molecule has 0 amide bonds. The van der Waals surface area contributed by atoms with Crippen LogP contribution in [-0.2, 0) is 0 Å². The minimum Gasteiger partial charge on any atom is -0.370 e. The van der Waals surface area contributed by atoms with E-state index in [1.165, 1.54) is 6.07 Å². The number of benzene rings is 1. The van der Waals surface area contributed by atoms with E-state index in [1.54, 1.807) is 12.1 Å². The minimum absolute atomic E-state index is 0.167. The molecule has 1 saturated heterocycles. The molecular weight excluding hydrogens is 218 g/mol. The lowest BCUT2D eigenvalue weighted by Gasteiger charge is -2.22. The highest BCUT2D eigenvalue weighted by molar-refractivity contribution is 5.53. The third kappa shape index (κ3) is 2.94. The smallest absolute Gasteiger partial charge is 0.271 e. The highest BCUT2D eigenvalue weighted by Crippen LogP contribution is 2.21. The molecule has 5 nitrogen and oxygen atoms in total. The van der Waals surface area contributed by atoms with Crippen molar-refractivity contribution in [1.29, 1.82) is 0 Å². The first-order chi connectivity index (χ1) is 8.16. The van der Waals surface area contributed by atoms with Crippen molar-refractivity contribution >= 4 is 11.4 Å². The van der Waals surface area contributed by atoms with Crippen molar-refractivity contribution in [1.82, 2.24) is 4.90 Å². The van der Waals surface area contributed by atoms with Crippen molar-refractivity contribution in [2.75, 3.05) is 38.1 Å². The second-order valence-electron chi connectivity index (χ2n) is 4.42. The van der Waals surface area contributed by atoms with Gasteiger partial charge >= 0.3 is 0 Å². The average Bonchev–Trinajstić information content (AvgIpc) is 2.54. The van der Waals surface area contributed by atoms with Gasteiger partial charge in [-0.3, -0.25) is 10.1 Å². The van der Waals surface area contributed by atoms with Gasteiger partial charge in [-0.1, -0.05) is 6.07 Å². The third-order valence-electron chi connectivity index (χ3n) is 3.13. The first-order valence-corrected chi connectivity index (χ1v) is 5.85. The molecule has 0 saturated carbocycles. The van der Waals surface area contributed by atoms with E-state index in [1.807, 2.05) is 6.07 Å². The summed E-state index contributed by atoms with van der Waals surface area (Å²) >= 11 is 0. The monoisotopic (exact) mass is 235 g/mol. The van der Waals surface area contributed by atoms with Crippen LogP contribution in [0.5, 0.6) is 0 Å². The number of likely N-dealkylation sites (N-methyl/N-ethyl adjacent to an activating group) is 1. The normalized spacial score (nSPS) is 17.8. The molecule has 1 aromatic carbocycles. The topological polar surface area (TPSA) is 49.6 Å². The zero-order chi connectivity index (χ0) is 12.3. The molecule has 2 rings (SSSR count). The van der Waals surface area contributed by atoms with Crippen molar-refractivity contribution in [3.63, 3.8) is 0 Å². The molecule has 0 aromatic heterocycles. The van der Waals surface area contributed by atoms with E-state index in [9.17, 15) is 10.1 Å². The molecule has 1 heterocycles. The molecule has 0 unspecified atom stereocenters. The summed E-state index contributed by atoms with van der Waals surface area (Å²) in [7, 11) is 2.11. The van der Waals surface area contributed by atoms with Crippen LogP contribution in [0.1, 0.15) is 6.42 Å². The van der Waals surface area contributed by atoms with Gasteiger partial charge in [-0.2, -0.15) is 0 Å². The zero-order valence-electron chi connectivity index (χ0n) is 10.0. The molecule has 0 radical (unpaired) electrons. The standard InChI is InChI=1S/C12H17N3O2/c1-13-6-3-7-14(9-8-13)11-4-2-5-12(10-11)15(16)17/h2,4-5,10H,3,6-9H2,1H3. The van der Waals surface area contributed by atoms with Crippen molar-refractivity contribution in [2.24, 2.45) is 0 Å². The quantitative estimate of drug-likeness (QED) is 0.578. The molecule has 1 fully saturated rings. The van der Waals surface area contributed by atoms with E-state index in [4.69, 9.17) is 0 Å². The van der Waals surface area contributed by atoms with Gasteiger partial charge in [0.1, 0.15) is 0 Å². The molecule has 17 heavy (non-hydrogen) atoms. The molecule has 5 heteroatoms. The molecule has 1 aliphatic heterocycles. The van der Waals surface area contributed by atoms with Gasteiger partial charge in [0.2, 0.25) is 0 Å². The molecule has 0 aliphatic carbocycles. The van der Waals surface area contributed by atoms with Crippen LogP contribution in [0.4, 0.5) is 11.4 Å². The van der Waals surface area contributed by atoms with Gasteiger partial charge in [-0.05, 0) is 26.1 Å². The number of non-ortho nitro benzene ring substituents is 1. The van der Waals surface area contributed by atoms with Crippen LogP contribution in [0.3, 0.4) is 0 Å². The molecule has 0 bridgehead atoms. The largest absolute Gasteiger partial charge is 0.370 e. The second-order valence-corrected chi connectivity index (χ2v) is 4.42. The van der Waals surface area contributed by atoms with E-state index in [-0.39, 0.29) is 10.6 Å². The maximum absolute atomic E-state index is 10.7. The van der Waals surface area contributed by atoms with Crippen LogP contribution < -0.4 is 4.90 Å². The van der Waals surface area contributed by atoms with Crippen LogP contribution in [0.25, 0.3) is 0 Å². The number of nitro benzene ring substituents is 1. The van der Waals surface area contributed by atoms with E-state index < -0.39 is 0 Å². The van der Waals surface area contributed by atoms with Crippen LogP contribution in [0, 0.1) is 10.1 Å². The minimum atomic E-state index is -0.340. The summed E-state index contributed by atoms with van der Waals surface area (Å²) in [6.45, 7) is 3.98. The average molecular weight is 235 g/mol. The summed E-state index contributed by atoms with van der Waals surface area (Å²) in [4.78, 5) is 14.9. The predicted octanol–water partition coefficient (Wildman–Crippen LogP) is 1.74. The molecule has 92 valence electrons. The molecule has 1 aliphatic rings. The molecule has 0 N–H and O–H groups in total. The number of anilines is 1. The van der Waals surface area contributed by atoms with Crippen molar-refractivity contribution in [3.05, 3.63) is 34.4 Å². The fraction of sp³-hybridized carbons (Fsp3) is 0.500. The number of nitrogens with zero attached hydrogens (tertiary/aromatic N) is 3.